The van der Waals surface area contributed by atoms with Crippen molar-refractivity contribution < 1.29 is 14.6 Å². The summed E-state index contributed by atoms with van der Waals surface area (Å²) >= 11 is 0. The highest BCUT2D eigenvalue weighted by Crippen LogP contribution is 2.36. The first-order valence-corrected chi connectivity index (χ1v) is 7.25. The minimum absolute atomic E-state index is 0.148. The van der Waals surface area contributed by atoms with Gasteiger partial charge in [0.15, 0.2) is 0 Å². The molecule has 0 aromatic carbocycles. The third-order valence-corrected chi connectivity index (χ3v) is 4.49. The molecule has 1 N–H and O–H groups in total. The zero-order valence-electron chi connectivity index (χ0n) is 11.4. The monoisotopic (exact) mass is 255 g/mol. The van der Waals surface area contributed by atoms with Crippen molar-refractivity contribution in [2.45, 2.75) is 63.5 Å². The molecule has 18 heavy (non-hydrogen) atoms. The van der Waals surface area contributed by atoms with Crippen LogP contribution in [0.3, 0.4) is 0 Å². The number of aliphatic carboxylic acids is 1. The quantitative estimate of drug-likeness (QED) is 0.837. The minimum atomic E-state index is -0.669. The fourth-order valence-corrected chi connectivity index (χ4v) is 3.47. The van der Waals surface area contributed by atoms with Crippen LogP contribution >= 0.6 is 0 Å². The summed E-state index contributed by atoms with van der Waals surface area (Å²) < 4.78 is 5.74. The minimum Gasteiger partial charge on any atom is -0.481 e. The number of nitrogens with zero attached hydrogens (tertiary/aromatic N) is 1. The Morgan fingerprint density at radius 3 is 2.72 bits per heavy atom. The average molecular weight is 255 g/mol. The molecule has 2 fully saturated rings. The highest BCUT2D eigenvalue weighted by atomic mass is 16.5. The Kier molecular flexibility index (Phi) is 4.62. The van der Waals surface area contributed by atoms with Gasteiger partial charge in [0.25, 0.3) is 0 Å². The van der Waals surface area contributed by atoms with Crippen LogP contribution in [-0.4, -0.2) is 47.3 Å². The van der Waals surface area contributed by atoms with E-state index in [0.717, 1.165) is 32.4 Å². The van der Waals surface area contributed by atoms with Crippen LogP contribution in [0.2, 0.25) is 0 Å². The molecular formula is C14H25NO3. The Hall–Kier alpha value is -0.610. The molecule has 2 aliphatic rings. The van der Waals surface area contributed by atoms with Crippen LogP contribution in [0.15, 0.2) is 0 Å². The summed E-state index contributed by atoms with van der Waals surface area (Å²) in [6, 6.07) is 0. The molecule has 2 unspecified atom stereocenters. The van der Waals surface area contributed by atoms with Crippen LogP contribution in [-0.2, 0) is 9.53 Å². The lowest BCUT2D eigenvalue weighted by atomic mass is 9.80. The predicted molar refractivity (Wildman–Crippen MR) is 69.7 cm³/mol. The molecule has 0 aromatic heterocycles. The molecule has 2 rings (SSSR count). The highest BCUT2D eigenvalue weighted by molar-refractivity contribution is 5.68. The van der Waals surface area contributed by atoms with Crippen molar-refractivity contribution >= 4 is 5.97 Å². The zero-order valence-corrected chi connectivity index (χ0v) is 11.4. The third-order valence-electron chi connectivity index (χ3n) is 4.49. The van der Waals surface area contributed by atoms with Crippen LogP contribution in [0.5, 0.6) is 0 Å². The Morgan fingerprint density at radius 1 is 1.39 bits per heavy atom. The van der Waals surface area contributed by atoms with E-state index in [0.29, 0.717) is 6.61 Å². The van der Waals surface area contributed by atoms with E-state index >= 15 is 0 Å². The van der Waals surface area contributed by atoms with E-state index in [9.17, 15) is 9.90 Å². The number of hydrogen-bond acceptors (Lipinski definition) is 3. The van der Waals surface area contributed by atoms with E-state index in [2.05, 4.69) is 11.8 Å². The number of piperidine rings is 1. The number of likely N-dealkylation sites (tertiary alicyclic amines) is 1. The molecule has 0 spiro atoms. The molecule has 0 bridgehead atoms. The Bertz CT molecular complexity index is 289. The van der Waals surface area contributed by atoms with Crippen LogP contribution < -0.4 is 0 Å². The standard InChI is InChI=1S/C14H25NO3/c1-2-12-10-14(6-9-18-12,11-13(16)17)15-7-4-3-5-8-15/h12H,2-11H2,1H3,(H,16,17). The van der Waals surface area contributed by atoms with E-state index < -0.39 is 5.97 Å². The maximum Gasteiger partial charge on any atom is 0.305 e. The summed E-state index contributed by atoms with van der Waals surface area (Å²) in [5.41, 5.74) is -0.148. The topological polar surface area (TPSA) is 49.8 Å². The van der Waals surface area contributed by atoms with Crippen molar-refractivity contribution in [3.05, 3.63) is 0 Å². The number of rotatable bonds is 4. The molecule has 0 aliphatic carbocycles. The van der Waals surface area contributed by atoms with Gasteiger partial charge in [-0.3, -0.25) is 9.69 Å². The summed E-state index contributed by atoms with van der Waals surface area (Å²) in [5, 5.41) is 9.25. The van der Waals surface area contributed by atoms with Gasteiger partial charge >= 0.3 is 5.97 Å². The van der Waals surface area contributed by atoms with Gasteiger partial charge in [-0.25, -0.2) is 0 Å². The van der Waals surface area contributed by atoms with Gasteiger partial charge in [0, 0.05) is 12.1 Å². The molecule has 2 saturated heterocycles. The number of carbonyl (C=O) groups is 1. The number of ether oxygens (including phenoxy) is 1. The largest absolute Gasteiger partial charge is 0.481 e. The maximum atomic E-state index is 11.2. The van der Waals surface area contributed by atoms with Crippen LogP contribution in [0, 0.1) is 0 Å². The molecule has 0 saturated carbocycles. The highest BCUT2D eigenvalue weighted by Gasteiger charge is 2.43. The third kappa shape index (κ3) is 3.04. The van der Waals surface area contributed by atoms with Crippen molar-refractivity contribution in [2.24, 2.45) is 0 Å². The molecule has 0 radical (unpaired) electrons. The molecule has 104 valence electrons. The molecule has 4 heteroatoms. The predicted octanol–water partition coefficient (Wildman–Crippen LogP) is 2.27. The second-order valence-electron chi connectivity index (χ2n) is 5.70. The summed E-state index contributed by atoms with van der Waals surface area (Å²) in [4.78, 5) is 13.7. The van der Waals surface area contributed by atoms with Crippen molar-refractivity contribution in [3.63, 3.8) is 0 Å². The van der Waals surface area contributed by atoms with Gasteiger partial charge < -0.3 is 9.84 Å². The zero-order chi connectivity index (χ0) is 13.0. The lowest BCUT2D eigenvalue weighted by Gasteiger charge is -2.49. The van der Waals surface area contributed by atoms with Crippen molar-refractivity contribution in [3.8, 4) is 0 Å². The first kappa shape index (κ1) is 13.8. The normalized spacial score (nSPS) is 34.4. The van der Waals surface area contributed by atoms with Crippen LogP contribution in [0.1, 0.15) is 51.9 Å². The first-order chi connectivity index (χ1) is 8.66. The van der Waals surface area contributed by atoms with E-state index in [1.807, 2.05) is 0 Å². The molecule has 2 aliphatic heterocycles. The van der Waals surface area contributed by atoms with E-state index in [-0.39, 0.29) is 18.1 Å². The average Bonchev–Trinajstić information content (AvgIpc) is 2.39. The van der Waals surface area contributed by atoms with Crippen LogP contribution in [0.4, 0.5) is 0 Å². The van der Waals surface area contributed by atoms with Crippen molar-refractivity contribution in [2.75, 3.05) is 19.7 Å². The molecule has 4 nitrogen and oxygen atoms in total. The maximum absolute atomic E-state index is 11.2. The summed E-state index contributed by atoms with van der Waals surface area (Å²) in [5.74, 6) is -0.669. The number of carboxylic acids is 1. The number of hydrogen-bond donors (Lipinski definition) is 1. The van der Waals surface area contributed by atoms with Gasteiger partial charge in [0.1, 0.15) is 0 Å². The second kappa shape index (κ2) is 6.02. The number of carboxylic acid groups (broad SMARTS) is 1. The van der Waals surface area contributed by atoms with Crippen molar-refractivity contribution in [1.29, 1.82) is 0 Å². The van der Waals surface area contributed by atoms with Gasteiger partial charge in [-0.2, -0.15) is 0 Å². The first-order valence-electron chi connectivity index (χ1n) is 7.25. The fraction of sp³-hybridized carbons (Fsp3) is 0.929. The SMILES string of the molecule is CCC1CC(CC(=O)O)(N2CCCCC2)CCO1. The smallest absolute Gasteiger partial charge is 0.305 e. The fourth-order valence-electron chi connectivity index (χ4n) is 3.47. The summed E-state index contributed by atoms with van der Waals surface area (Å²) in [6.45, 7) is 4.95. The molecule has 2 atom stereocenters. The van der Waals surface area contributed by atoms with E-state index in [1.165, 1.54) is 19.3 Å². The molecule has 0 amide bonds. The van der Waals surface area contributed by atoms with Gasteiger partial charge in [-0.1, -0.05) is 13.3 Å². The summed E-state index contributed by atoms with van der Waals surface area (Å²) in [6.07, 6.45) is 6.94. The Morgan fingerprint density at radius 2 is 2.11 bits per heavy atom. The van der Waals surface area contributed by atoms with Gasteiger partial charge in [-0.05, 0) is 45.2 Å². The lowest BCUT2D eigenvalue weighted by molar-refractivity contribution is -0.146. The van der Waals surface area contributed by atoms with Gasteiger partial charge in [0.05, 0.1) is 12.5 Å². The summed E-state index contributed by atoms with van der Waals surface area (Å²) in [7, 11) is 0. The molecule has 0 aromatic rings. The van der Waals surface area contributed by atoms with E-state index in [4.69, 9.17) is 4.74 Å². The van der Waals surface area contributed by atoms with Crippen molar-refractivity contribution in [1.82, 2.24) is 4.90 Å². The Labute approximate surface area is 109 Å². The molecular weight excluding hydrogens is 230 g/mol. The van der Waals surface area contributed by atoms with Crippen LogP contribution in [0.25, 0.3) is 0 Å². The molecule has 2 heterocycles. The lowest BCUT2D eigenvalue weighted by Crippen LogP contribution is -2.56. The van der Waals surface area contributed by atoms with Gasteiger partial charge in [-0.15, -0.1) is 0 Å². The van der Waals surface area contributed by atoms with E-state index in [1.54, 1.807) is 0 Å². The van der Waals surface area contributed by atoms with Gasteiger partial charge in [0.2, 0.25) is 0 Å². The Balaban J connectivity index is 2.12. The second-order valence-corrected chi connectivity index (χ2v) is 5.70.